The predicted octanol–water partition coefficient (Wildman–Crippen LogP) is 2.84. The molecule has 0 aliphatic carbocycles. The van der Waals surface area contributed by atoms with Crippen molar-refractivity contribution in [1.82, 2.24) is 15.0 Å². The molecule has 0 aromatic carbocycles. The van der Waals surface area contributed by atoms with Gasteiger partial charge in [0, 0.05) is 19.3 Å². The monoisotopic (exact) mass is 328 g/mol. The van der Waals surface area contributed by atoms with Crippen LogP contribution in [-0.4, -0.2) is 40.2 Å². The summed E-state index contributed by atoms with van der Waals surface area (Å²) in [6.07, 6.45) is 3.45. The molecule has 1 atom stereocenters. The Labute approximate surface area is 130 Å². The van der Waals surface area contributed by atoms with Gasteiger partial charge in [0.05, 0.1) is 17.5 Å². The van der Waals surface area contributed by atoms with Gasteiger partial charge in [-0.05, 0) is 24.4 Å². The van der Waals surface area contributed by atoms with Gasteiger partial charge in [-0.3, -0.25) is 0 Å². The number of anilines is 1. The van der Waals surface area contributed by atoms with Crippen LogP contribution in [0.5, 0.6) is 0 Å². The van der Waals surface area contributed by atoms with Gasteiger partial charge >= 0.3 is 0 Å². The molecule has 0 amide bonds. The van der Waals surface area contributed by atoms with Gasteiger partial charge in [0.2, 0.25) is 5.28 Å². The number of aromatic nitrogens is 3. The molecule has 0 bridgehead atoms. The zero-order valence-electron chi connectivity index (χ0n) is 10.9. The van der Waals surface area contributed by atoms with Gasteiger partial charge in [0.25, 0.3) is 0 Å². The molecular weight excluding hydrogens is 318 g/mol. The van der Waals surface area contributed by atoms with E-state index in [4.69, 9.17) is 27.9 Å². The van der Waals surface area contributed by atoms with Crippen LogP contribution in [0.2, 0.25) is 10.4 Å². The van der Waals surface area contributed by atoms with Crippen molar-refractivity contribution in [3.8, 4) is 0 Å². The number of nitrogens with zero attached hydrogens (tertiary/aromatic N) is 4. The van der Waals surface area contributed by atoms with Crippen molar-refractivity contribution in [3.63, 3.8) is 0 Å². The quantitative estimate of drug-likeness (QED) is 0.595. The molecule has 2 fully saturated rings. The molecule has 0 radical (unpaired) electrons. The Bertz CT molecular complexity index is 736. The molecule has 2 aromatic heterocycles. The summed E-state index contributed by atoms with van der Waals surface area (Å²) in [6.45, 7) is 2.21. The van der Waals surface area contributed by atoms with Crippen LogP contribution < -0.4 is 4.90 Å². The van der Waals surface area contributed by atoms with Crippen LogP contribution in [-0.2, 0) is 4.74 Å². The molecule has 21 heavy (non-hydrogen) atoms. The van der Waals surface area contributed by atoms with Gasteiger partial charge in [0.15, 0.2) is 11.0 Å². The summed E-state index contributed by atoms with van der Waals surface area (Å²) < 4.78 is 19.6. The molecule has 2 saturated heterocycles. The van der Waals surface area contributed by atoms with E-state index < -0.39 is 5.82 Å². The Morgan fingerprint density at radius 3 is 2.81 bits per heavy atom. The van der Waals surface area contributed by atoms with Crippen molar-refractivity contribution in [2.45, 2.75) is 18.4 Å². The highest BCUT2D eigenvalue weighted by Gasteiger charge is 2.48. The fourth-order valence-electron chi connectivity index (χ4n) is 3.08. The summed E-state index contributed by atoms with van der Waals surface area (Å²) in [5.41, 5.74) is 0.0479. The third kappa shape index (κ3) is 1.89. The Hall–Kier alpha value is -1.24. The van der Waals surface area contributed by atoms with Crippen molar-refractivity contribution >= 4 is 39.9 Å². The molecule has 4 rings (SSSR count). The van der Waals surface area contributed by atoms with Crippen LogP contribution in [0.4, 0.5) is 10.2 Å². The molecule has 0 saturated carbocycles. The third-order valence-corrected chi connectivity index (χ3v) is 4.74. The van der Waals surface area contributed by atoms with Gasteiger partial charge < -0.3 is 9.64 Å². The lowest BCUT2D eigenvalue weighted by Gasteiger charge is -2.50. The van der Waals surface area contributed by atoms with E-state index in [2.05, 4.69) is 19.9 Å². The standard InChI is InChI=1S/C13H11Cl2FN4O/c14-10-8(16)9-7(5-17-10)11(19-12(15)18-9)20-3-1-13(20)2-4-21-6-13/h5H,1-4,6H2. The fourth-order valence-corrected chi connectivity index (χ4v) is 3.38. The van der Waals surface area contributed by atoms with Crippen molar-refractivity contribution in [2.75, 3.05) is 24.7 Å². The Morgan fingerprint density at radius 2 is 2.14 bits per heavy atom. The maximum Gasteiger partial charge on any atom is 0.225 e. The van der Waals surface area contributed by atoms with Crippen LogP contribution in [0, 0.1) is 5.82 Å². The highest BCUT2D eigenvalue weighted by atomic mass is 35.5. The Kier molecular flexibility index (Phi) is 2.96. The Morgan fingerprint density at radius 1 is 1.29 bits per heavy atom. The zero-order valence-corrected chi connectivity index (χ0v) is 12.5. The highest BCUT2D eigenvalue weighted by Crippen LogP contribution is 2.43. The first-order valence-electron chi connectivity index (χ1n) is 6.63. The van der Waals surface area contributed by atoms with E-state index in [1.165, 1.54) is 6.20 Å². The van der Waals surface area contributed by atoms with E-state index in [0.717, 1.165) is 26.0 Å². The summed E-state index contributed by atoms with van der Waals surface area (Å²) in [7, 11) is 0. The fraction of sp³-hybridized carbons (Fsp3) is 0.462. The van der Waals surface area contributed by atoms with Gasteiger partial charge in [-0.1, -0.05) is 11.6 Å². The molecule has 4 heterocycles. The number of halogens is 3. The summed E-state index contributed by atoms with van der Waals surface area (Å²) in [6, 6.07) is 0. The van der Waals surface area contributed by atoms with E-state index in [0.29, 0.717) is 17.8 Å². The van der Waals surface area contributed by atoms with E-state index in [-0.39, 0.29) is 21.5 Å². The van der Waals surface area contributed by atoms with Gasteiger partial charge in [-0.2, -0.15) is 4.98 Å². The largest absolute Gasteiger partial charge is 0.379 e. The molecule has 5 nitrogen and oxygen atoms in total. The van der Waals surface area contributed by atoms with E-state index in [1.807, 2.05) is 0 Å². The molecule has 2 aromatic rings. The molecule has 0 N–H and O–H groups in total. The van der Waals surface area contributed by atoms with Crippen molar-refractivity contribution in [1.29, 1.82) is 0 Å². The molecule has 8 heteroatoms. The van der Waals surface area contributed by atoms with E-state index in [1.54, 1.807) is 0 Å². The molecule has 1 unspecified atom stereocenters. The first-order chi connectivity index (χ1) is 10.1. The van der Waals surface area contributed by atoms with Crippen LogP contribution in [0.1, 0.15) is 12.8 Å². The predicted molar refractivity (Wildman–Crippen MR) is 77.4 cm³/mol. The van der Waals surface area contributed by atoms with Crippen LogP contribution in [0.15, 0.2) is 6.20 Å². The van der Waals surface area contributed by atoms with Crippen LogP contribution in [0.25, 0.3) is 10.9 Å². The molecular formula is C13H11Cl2FN4O. The molecule has 2 aliphatic heterocycles. The number of ether oxygens (including phenoxy) is 1. The number of fused-ring (bicyclic) bond motifs is 1. The second kappa shape index (κ2) is 4.63. The summed E-state index contributed by atoms with van der Waals surface area (Å²) >= 11 is 11.7. The molecule has 2 aliphatic rings. The average molecular weight is 329 g/mol. The van der Waals surface area contributed by atoms with Crippen molar-refractivity contribution < 1.29 is 9.13 Å². The second-order valence-electron chi connectivity index (χ2n) is 5.37. The zero-order chi connectivity index (χ0) is 14.6. The lowest BCUT2D eigenvalue weighted by Crippen LogP contribution is -2.61. The van der Waals surface area contributed by atoms with Crippen molar-refractivity contribution in [3.05, 3.63) is 22.5 Å². The molecule has 1 spiro atoms. The number of rotatable bonds is 1. The minimum absolute atomic E-state index is 0.000341. The first kappa shape index (κ1) is 13.4. The van der Waals surface area contributed by atoms with Crippen LogP contribution >= 0.6 is 23.2 Å². The Balaban J connectivity index is 1.91. The maximum absolute atomic E-state index is 14.1. The minimum atomic E-state index is -0.669. The van der Waals surface area contributed by atoms with Crippen LogP contribution in [0.3, 0.4) is 0 Å². The minimum Gasteiger partial charge on any atom is -0.379 e. The van der Waals surface area contributed by atoms with E-state index in [9.17, 15) is 4.39 Å². The van der Waals surface area contributed by atoms with E-state index >= 15 is 0 Å². The highest BCUT2D eigenvalue weighted by molar-refractivity contribution is 6.30. The van der Waals surface area contributed by atoms with Crippen molar-refractivity contribution in [2.24, 2.45) is 0 Å². The topological polar surface area (TPSA) is 51.1 Å². The lowest BCUT2D eigenvalue weighted by atomic mass is 9.83. The van der Waals surface area contributed by atoms with Gasteiger partial charge in [-0.15, -0.1) is 0 Å². The number of hydrogen-bond acceptors (Lipinski definition) is 5. The first-order valence-corrected chi connectivity index (χ1v) is 7.39. The number of pyridine rings is 1. The number of hydrogen-bond donors (Lipinski definition) is 0. The normalized spacial score (nSPS) is 24.8. The lowest BCUT2D eigenvalue weighted by molar-refractivity contribution is 0.156. The molecule has 110 valence electrons. The SMILES string of the molecule is Fc1c(Cl)ncc2c(N3CCC34CCOC4)nc(Cl)nc12. The second-order valence-corrected chi connectivity index (χ2v) is 6.07. The third-order valence-electron chi connectivity index (χ3n) is 4.31. The van der Waals surface area contributed by atoms with Gasteiger partial charge in [-0.25, -0.2) is 14.4 Å². The maximum atomic E-state index is 14.1. The summed E-state index contributed by atoms with van der Waals surface area (Å²) in [5.74, 6) is -0.0678. The summed E-state index contributed by atoms with van der Waals surface area (Å²) in [5, 5.41) is 0.303. The summed E-state index contributed by atoms with van der Waals surface area (Å²) in [4.78, 5) is 14.2. The smallest absolute Gasteiger partial charge is 0.225 e. The van der Waals surface area contributed by atoms with Gasteiger partial charge in [0.1, 0.15) is 11.3 Å². The average Bonchev–Trinajstić information content (AvgIpc) is 2.94.